The maximum absolute atomic E-state index is 12.3. The highest BCUT2D eigenvalue weighted by atomic mass is 32.1. The monoisotopic (exact) mass is 478 g/mol. The lowest BCUT2D eigenvalue weighted by Crippen LogP contribution is -2.22. The third-order valence-electron chi connectivity index (χ3n) is 5.85. The average molecular weight is 479 g/mol. The molecule has 0 fully saturated rings. The van der Waals surface area contributed by atoms with Gasteiger partial charge >= 0.3 is 5.97 Å². The molecule has 0 bridgehead atoms. The smallest absolute Gasteiger partial charge is 0.335 e. The number of aromatic carboxylic acids is 1. The molecule has 4 N–H and O–H groups in total. The van der Waals surface area contributed by atoms with Crippen molar-refractivity contribution >= 4 is 28.8 Å². The van der Waals surface area contributed by atoms with Gasteiger partial charge in [0.15, 0.2) is 0 Å². The third kappa shape index (κ3) is 5.50. The zero-order valence-corrected chi connectivity index (χ0v) is 21.6. The van der Waals surface area contributed by atoms with Gasteiger partial charge < -0.3 is 15.9 Å². The fourth-order valence-corrected chi connectivity index (χ4v) is 4.87. The molecule has 1 aromatic heterocycles. The van der Waals surface area contributed by atoms with Gasteiger partial charge in [-0.25, -0.2) is 9.79 Å². The number of amidine groups is 1. The molecule has 0 aliphatic heterocycles. The van der Waals surface area contributed by atoms with E-state index in [9.17, 15) is 15.0 Å². The first kappa shape index (κ1) is 25.5. The molecule has 1 heterocycles. The van der Waals surface area contributed by atoms with E-state index in [1.807, 2.05) is 83.3 Å². The lowest BCUT2D eigenvalue weighted by molar-refractivity contribution is 0.0695. The molecule has 2 aromatic carbocycles. The van der Waals surface area contributed by atoms with Crippen LogP contribution in [0.4, 0.5) is 5.69 Å². The number of para-hydroxylation sites is 1. The molecule has 3 rings (SSSR count). The molecule has 0 aliphatic rings. The summed E-state index contributed by atoms with van der Waals surface area (Å²) in [5, 5.41) is 23.3. The van der Waals surface area contributed by atoms with Crippen molar-refractivity contribution in [2.75, 3.05) is 0 Å². The maximum atomic E-state index is 12.3. The van der Waals surface area contributed by atoms with Gasteiger partial charge in [-0.05, 0) is 58.4 Å². The molecular weight excluding hydrogens is 444 g/mol. The molecule has 5 nitrogen and oxygen atoms in total. The Bertz CT molecular complexity index is 1210. The average Bonchev–Trinajstić information content (AvgIpc) is 3.26. The predicted molar refractivity (Wildman–Crippen MR) is 141 cm³/mol. The molecule has 180 valence electrons. The Morgan fingerprint density at radius 1 is 1.00 bits per heavy atom. The first-order valence-electron chi connectivity index (χ1n) is 11.4. The lowest BCUT2D eigenvalue weighted by atomic mass is 9.74. The van der Waals surface area contributed by atoms with Crippen LogP contribution in [0, 0.1) is 0 Å². The summed E-state index contributed by atoms with van der Waals surface area (Å²) in [4.78, 5) is 17.9. The molecule has 0 saturated carbocycles. The van der Waals surface area contributed by atoms with Crippen LogP contribution < -0.4 is 5.73 Å². The van der Waals surface area contributed by atoms with E-state index in [0.717, 1.165) is 16.1 Å². The first-order valence-corrected chi connectivity index (χ1v) is 12.3. The number of rotatable bonds is 6. The van der Waals surface area contributed by atoms with Gasteiger partial charge in [0.1, 0.15) is 11.6 Å². The number of phenolic OH excluding ortho intramolecular Hbond substituents is 1. The van der Waals surface area contributed by atoms with Gasteiger partial charge in [-0.3, -0.25) is 0 Å². The van der Waals surface area contributed by atoms with Gasteiger partial charge in [-0.15, -0.1) is 11.3 Å². The number of aromatic hydroxyl groups is 1. The second-order valence-corrected chi connectivity index (χ2v) is 11.5. The van der Waals surface area contributed by atoms with Crippen LogP contribution in [0.1, 0.15) is 79.0 Å². The number of aryl methyl sites for hydroxylation is 1. The summed E-state index contributed by atoms with van der Waals surface area (Å²) in [5.74, 6) is -0.344. The van der Waals surface area contributed by atoms with Gasteiger partial charge in [0.2, 0.25) is 0 Å². The van der Waals surface area contributed by atoms with Crippen LogP contribution in [-0.2, 0) is 23.7 Å². The van der Waals surface area contributed by atoms with Gasteiger partial charge in [0.25, 0.3) is 0 Å². The topological polar surface area (TPSA) is 95.9 Å². The van der Waals surface area contributed by atoms with Gasteiger partial charge in [0, 0.05) is 11.1 Å². The summed E-state index contributed by atoms with van der Waals surface area (Å²) in [6.45, 7) is 11.9. The number of carboxylic acid groups (broad SMARTS) is 1. The van der Waals surface area contributed by atoms with Crippen LogP contribution in [0.5, 0.6) is 5.75 Å². The van der Waals surface area contributed by atoms with E-state index in [1.54, 1.807) is 6.07 Å². The minimum Gasteiger partial charge on any atom is -0.507 e. The van der Waals surface area contributed by atoms with E-state index >= 15 is 0 Å². The zero-order chi connectivity index (χ0) is 25.3. The molecule has 0 unspecified atom stereocenters. The van der Waals surface area contributed by atoms with Crippen molar-refractivity contribution < 1.29 is 15.0 Å². The Balaban J connectivity index is 2.09. The summed E-state index contributed by atoms with van der Waals surface area (Å²) < 4.78 is 0. The van der Waals surface area contributed by atoms with Crippen molar-refractivity contribution in [1.82, 2.24) is 0 Å². The Morgan fingerprint density at radius 2 is 1.68 bits per heavy atom. The van der Waals surface area contributed by atoms with Crippen molar-refractivity contribution in [3.05, 3.63) is 80.5 Å². The number of nitrogens with zero attached hydrogens (tertiary/aromatic N) is 1. The number of carbonyl (C=O) groups is 1. The fourth-order valence-electron chi connectivity index (χ4n) is 4.24. The number of hydrogen-bond acceptors (Lipinski definition) is 4. The maximum Gasteiger partial charge on any atom is 0.335 e. The van der Waals surface area contributed by atoms with E-state index in [2.05, 4.69) is 4.99 Å². The Hall–Kier alpha value is -3.12. The predicted octanol–water partition coefficient (Wildman–Crippen LogP) is 6.57. The van der Waals surface area contributed by atoms with Crippen molar-refractivity contribution in [2.24, 2.45) is 10.7 Å². The molecule has 0 saturated heterocycles. The highest BCUT2D eigenvalue weighted by molar-refractivity contribution is 7.12. The summed E-state index contributed by atoms with van der Waals surface area (Å²) in [5.41, 5.74) is 9.36. The number of hydrogen-bond donors (Lipinski definition) is 3. The van der Waals surface area contributed by atoms with Crippen molar-refractivity contribution in [1.29, 1.82) is 0 Å². The number of carboxylic acids is 1. The van der Waals surface area contributed by atoms with Crippen LogP contribution in [0.3, 0.4) is 0 Å². The quantitative estimate of drug-likeness (QED) is 0.276. The van der Waals surface area contributed by atoms with Crippen LogP contribution in [-0.4, -0.2) is 22.0 Å². The van der Waals surface area contributed by atoms with Crippen molar-refractivity contribution in [3.8, 4) is 5.75 Å². The minimum absolute atomic E-state index is 0.188. The molecule has 3 aromatic rings. The van der Waals surface area contributed by atoms with Crippen LogP contribution >= 0.6 is 11.3 Å². The number of benzene rings is 2. The summed E-state index contributed by atoms with van der Waals surface area (Å²) in [7, 11) is 0. The fraction of sp³-hybridized carbons (Fsp3) is 0.357. The van der Waals surface area contributed by atoms with E-state index in [0.29, 0.717) is 35.4 Å². The number of nitrogens with two attached hydrogens (primary N) is 1. The highest BCUT2D eigenvalue weighted by Gasteiger charge is 2.32. The van der Waals surface area contributed by atoms with Gasteiger partial charge in [-0.1, -0.05) is 65.8 Å². The van der Waals surface area contributed by atoms with Gasteiger partial charge in [-0.2, -0.15) is 0 Å². The molecular formula is C28H34N2O3S. The lowest BCUT2D eigenvalue weighted by Gasteiger charge is -2.31. The molecule has 34 heavy (non-hydrogen) atoms. The van der Waals surface area contributed by atoms with Crippen LogP contribution in [0.2, 0.25) is 0 Å². The molecule has 6 heteroatoms. The Labute approximate surface area is 206 Å². The molecule has 0 amide bonds. The largest absolute Gasteiger partial charge is 0.507 e. The van der Waals surface area contributed by atoms with Crippen molar-refractivity contribution in [3.63, 3.8) is 0 Å². The van der Waals surface area contributed by atoms with Crippen LogP contribution in [0.25, 0.3) is 0 Å². The molecule has 0 atom stereocenters. The van der Waals surface area contributed by atoms with E-state index < -0.39 is 16.8 Å². The first-order chi connectivity index (χ1) is 15.8. The summed E-state index contributed by atoms with van der Waals surface area (Å²) in [6.07, 6.45) is 1.02. The normalized spacial score (nSPS) is 12.7. The van der Waals surface area contributed by atoms with Gasteiger partial charge in [0.05, 0.1) is 16.1 Å². The van der Waals surface area contributed by atoms with E-state index in [-0.39, 0.29) is 11.3 Å². The highest BCUT2D eigenvalue weighted by Crippen LogP contribution is 2.43. The van der Waals surface area contributed by atoms with E-state index in [1.165, 1.54) is 11.3 Å². The second-order valence-electron chi connectivity index (χ2n) is 10.6. The SMILES string of the molecule is CC(C)(C)c1cc(C(=O)O)c(CCc2ccccc2N=C(N)c2cccs2)c(C(C)(C)C)c1O. The summed E-state index contributed by atoms with van der Waals surface area (Å²) in [6, 6.07) is 13.3. The summed E-state index contributed by atoms with van der Waals surface area (Å²) >= 11 is 1.53. The Morgan fingerprint density at radius 3 is 2.24 bits per heavy atom. The molecule has 0 aliphatic carbocycles. The zero-order valence-electron chi connectivity index (χ0n) is 20.8. The number of aliphatic imine (C=N–C) groups is 1. The number of phenols is 1. The third-order valence-corrected chi connectivity index (χ3v) is 6.74. The van der Waals surface area contributed by atoms with E-state index in [4.69, 9.17) is 5.73 Å². The molecule has 0 spiro atoms. The van der Waals surface area contributed by atoms with Crippen LogP contribution in [0.15, 0.2) is 52.8 Å². The molecule has 0 radical (unpaired) electrons. The standard InChI is InChI=1S/C28H34N2O3S/c1-27(2,3)20-16-19(26(32)33)18(23(24(20)31)28(4,5)6)14-13-17-10-7-8-11-21(17)30-25(29)22-12-9-15-34-22/h7-12,15-16,31H,13-14H2,1-6H3,(H2,29,30)(H,32,33). The van der Waals surface area contributed by atoms with Crippen molar-refractivity contribution in [2.45, 2.75) is 65.2 Å². The Kier molecular flexibility index (Phi) is 7.22. The second kappa shape index (κ2) is 9.63. The minimum atomic E-state index is -0.987. The number of thiophene rings is 1.